The van der Waals surface area contributed by atoms with Gasteiger partial charge < -0.3 is 20.0 Å². The molecule has 1 amide bonds. The van der Waals surface area contributed by atoms with Crippen molar-refractivity contribution in [2.24, 2.45) is 0 Å². The maximum Gasteiger partial charge on any atom is 0.404 e. The maximum absolute atomic E-state index is 13.5. The summed E-state index contributed by atoms with van der Waals surface area (Å²) in [4.78, 5) is 14.5. The van der Waals surface area contributed by atoms with Crippen LogP contribution in [0.25, 0.3) is 0 Å². The third-order valence-electron chi connectivity index (χ3n) is 4.46. The topological polar surface area (TPSA) is 91.7 Å². The van der Waals surface area contributed by atoms with E-state index in [2.05, 4.69) is 31.1 Å². The average Bonchev–Trinajstić information content (AvgIpc) is 2.46. The number of carbonyl (C=O) groups is 1. The van der Waals surface area contributed by atoms with Crippen molar-refractivity contribution in [1.29, 1.82) is 0 Å². The third kappa shape index (κ3) is 6.21. The number of aliphatic hydroxyl groups excluding tert-OH is 1. The quantitative estimate of drug-likeness (QED) is 0.611. The first-order valence-electron chi connectivity index (χ1n) is 7.96. The van der Waals surface area contributed by atoms with Gasteiger partial charge in [0.25, 0.3) is 0 Å². The lowest BCUT2D eigenvalue weighted by molar-refractivity contribution is 0.0845. The normalized spacial score (nSPS) is 14.9. The van der Waals surface area contributed by atoms with Crippen LogP contribution in [0.5, 0.6) is 0 Å². The Morgan fingerprint density at radius 2 is 2.04 bits per heavy atom. The fourth-order valence-electron chi connectivity index (χ4n) is 2.01. The lowest BCUT2D eigenvalue weighted by atomic mass is 10.1. The number of nitrogens with zero attached hydrogens (tertiary/aromatic N) is 1. The van der Waals surface area contributed by atoms with Crippen LogP contribution in [0.15, 0.2) is 12.4 Å². The summed E-state index contributed by atoms with van der Waals surface area (Å²) in [6.07, 6.45) is -0.549. The summed E-state index contributed by atoms with van der Waals surface area (Å²) in [5.74, 6) is -0.719. The van der Waals surface area contributed by atoms with E-state index in [1.807, 2.05) is 13.1 Å². The molecule has 1 aromatic rings. The number of aromatic nitrogens is 1. The Balaban J connectivity index is 2.96. The molecule has 25 heavy (non-hydrogen) atoms. The van der Waals surface area contributed by atoms with Crippen LogP contribution in [0.1, 0.15) is 38.9 Å². The van der Waals surface area contributed by atoms with Crippen LogP contribution in [0, 0.1) is 5.82 Å². The molecular formula is C16H26ClFN2O4Si. The van der Waals surface area contributed by atoms with Crippen LogP contribution >= 0.6 is 11.6 Å². The number of hydrogen-bond acceptors (Lipinski definition) is 4. The molecule has 2 atom stereocenters. The number of hydrogen-bond donors (Lipinski definition) is 3. The molecule has 0 fully saturated rings. The Bertz CT molecular complexity index is 610. The largest absolute Gasteiger partial charge is 0.465 e. The van der Waals surface area contributed by atoms with Gasteiger partial charge in [0, 0.05) is 24.7 Å². The molecule has 0 aliphatic carbocycles. The van der Waals surface area contributed by atoms with Crippen LogP contribution in [-0.4, -0.2) is 42.3 Å². The summed E-state index contributed by atoms with van der Waals surface area (Å²) in [5, 5.41) is 21.3. The number of amides is 1. The third-order valence-corrected chi connectivity index (χ3v) is 9.39. The van der Waals surface area contributed by atoms with Crippen LogP contribution in [0.3, 0.4) is 0 Å². The highest BCUT2D eigenvalue weighted by atomic mass is 35.5. The van der Waals surface area contributed by atoms with Crippen molar-refractivity contribution in [1.82, 2.24) is 10.3 Å². The van der Waals surface area contributed by atoms with Crippen molar-refractivity contribution in [3.05, 3.63) is 28.8 Å². The summed E-state index contributed by atoms with van der Waals surface area (Å²) in [6.45, 7) is 10.3. The Labute approximate surface area is 153 Å². The minimum Gasteiger partial charge on any atom is -0.465 e. The molecule has 0 aliphatic rings. The van der Waals surface area contributed by atoms with Gasteiger partial charge in [-0.1, -0.05) is 32.4 Å². The van der Waals surface area contributed by atoms with Gasteiger partial charge in [-0.2, -0.15) is 0 Å². The van der Waals surface area contributed by atoms with Gasteiger partial charge in [0.2, 0.25) is 0 Å². The van der Waals surface area contributed by atoms with E-state index in [1.165, 1.54) is 6.20 Å². The number of rotatable bonds is 7. The van der Waals surface area contributed by atoms with Crippen molar-refractivity contribution in [3.8, 4) is 0 Å². The SMILES string of the molecule is CC(C)(C)[Si](C)(C)O[C@@H](CNC(=O)O)CC(O)c1cncc(F)c1Cl. The zero-order valence-electron chi connectivity index (χ0n) is 15.1. The second kappa shape index (κ2) is 8.44. The first kappa shape index (κ1) is 21.8. The Morgan fingerprint density at radius 1 is 1.44 bits per heavy atom. The number of aliphatic hydroxyl groups is 1. The maximum atomic E-state index is 13.5. The van der Waals surface area contributed by atoms with Gasteiger partial charge in [0.05, 0.1) is 23.4 Å². The first-order chi connectivity index (χ1) is 11.3. The molecule has 1 heterocycles. The van der Waals surface area contributed by atoms with Gasteiger partial charge in [-0.05, 0) is 18.1 Å². The standard InChI is InChI=1S/C16H26ClFN2O4Si/c1-16(2,3)25(4,5)24-10(7-20-15(22)23)6-13(21)11-8-19-9-12(18)14(11)17/h8-10,13,20-21H,6-7H2,1-5H3,(H,22,23)/t10-,13?/m1/s1. The van der Waals surface area contributed by atoms with E-state index in [0.29, 0.717) is 0 Å². The molecule has 9 heteroatoms. The molecule has 1 rings (SSSR count). The van der Waals surface area contributed by atoms with Crippen LogP contribution in [0.4, 0.5) is 9.18 Å². The van der Waals surface area contributed by atoms with Gasteiger partial charge in [0.15, 0.2) is 14.1 Å². The summed E-state index contributed by atoms with van der Waals surface area (Å²) < 4.78 is 19.7. The Hall–Kier alpha value is -1.22. The van der Waals surface area contributed by atoms with Crippen molar-refractivity contribution < 1.29 is 23.8 Å². The van der Waals surface area contributed by atoms with E-state index in [-0.39, 0.29) is 28.6 Å². The van der Waals surface area contributed by atoms with Gasteiger partial charge in [-0.25, -0.2) is 9.18 Å². The molecule has 0 bridgehead atoms. The number of pyridine rings is 1. The van der Waals surface area contributed by atoms with Gasteiger partial charge in [-0.3, -0.25) is 4.98 Å². The van der Waals surface area contributed by atoms with E-state index in [4.69, 9.17) is 21.1 Å². The molecule has 1 aromatic heterocycles. The van der Waals surface area contributed by atoms with Crippen LogP contribution < -0.4 is 5.32 Å². The van der Waals surface area contributed by atoms with Crippen molar-refractivity contribution in [2.75, 3.05) is 6.54 Å². The Kier molecular flexibility index (Phi) is 7.37. The van der Waals surface area contributed by atoms with Gasteiger partial charge >= 0.3 is 6.09 Å². The number of halogens is 2. The van der Waals surface area contributed by atoms with E-state index in [9.17, 15) is 14.3 Å². The summed E-state index contributed by atoms with van der Waals surface area (Å²) >= 11 is 5.89. The molecule has 0 spiro atoms. The minimum absolute atomic E-state index is 0.0132. The minimum atomic E-state index is -2.20. The molecule has 0 radical (unpaired) electrons. The monoisotopic (exact) mass is 392 g/mol. The molecule has 1 unspecified atom stereocenters. The molecular weight excluding hydrogens is 367 g/mol. The molecule has 6 nitrogen and oxygen atoms in total. The second-order valence-corrected chi connectivity index (χ2v) is 12.6. The fourth-order valence-corrected chi connectivity index (χ4v) is 3.60. The highest BCUT2D eigenvalue weighted by Gasteiger charge is 2.39. The van der Waals surface area contributed by atoms with E-state index in [0.717, 1.165) is 6.20 Å². The number of nitrogens with one attached hydrogen (secondary N) is 1. The van der Waals surface area contributed by atoms with E-state index in [1.54, 1.807) is 0 Å². The zero-order chi connectivity index (χ0) is 19.4. The fraction of sp³-hybridized carbons (Fsp3) is 0.625. The van der Waals surface area contributed by atoms with Crippen LogP contribution in [0.2, 0.25) is 23.2 Å². The van der Waals surface area contributed by atoms with Gasteiger partial charge in [0.1, 0.15) is 0 Å². The summed E-state index contributed by atoms with van der Waals surface area (Å²) in [6, 6.07) is 0. The van der Waals surface area contributed by atoms with Gasteiger partial charge in [-0.15, -0.1) is 0 Å². The first-order valence-corrected chi connectivity index (χ1v) is 11.3. The van der Waals surface area contributed by atoms with Crippen molar-refractivity contribution in [2.45, 2.75) is 57.5 Å². The van der Waals surface area contributed by atoms with Crippen molar-refractivity contribution >= 4 is 26.0 Å². The molecule has 3 N–H and O–H groups in total. The van der Waals surface area contributed by atoms with Crippen LogP contribution in [-0.2, 0) is 4.43 Å². The molecule has 0 aliphatic heterocycles. The molecule has 0 saturated carbocycles. The van der Waals surface area contributed by atoms with E-state index >= 15 is 0 Å². The summed E-state index contributed by atoms with van der Waals surface area (Å²) in [5.41, 5.74) is 0.154. The smallest absolute Gasteiger partial charge is 0.404 e. The molecule has 0 aromatic carbocycles. The Morgan fingerprint density at radius 3 is 2.56 bits per heavy atom. The predicted octanol–water partition coefficient (Wildman–Crippen LogP) is 3.96. The highest BCUT2D eigenvalue weighted by molar-refractivity contribution is 6.74. The summed E-state index contributed by atoms with van der Waals surface area (Å²) in [7, 11) is -2.20. The lowest BCUT2D eigenvalue weighted by Gasteiger charge is -2.39. The average molecular weight is 393 g/mol. The molecule has 142 valence electrons. The van der Waals surface area contributed by atoms with Crippen molar-refractivity contribution in [3.63, 3.8) is 0 Å². The second-order valence-electron chi connectivity index (χ2n) is 7.46. The number of carboxylic acid groups (broad SMARTS) is 1. The molecule has 0 saturated heterocycles. The predicted molar refractivity (Wildman–Crippen MR) is 96.9 cm³/mol. The highest BCUT2D eigenvalue weighted by Crippen LogP contribution is 2.38. The lowest BCUT2D eigenvalue weighted by Crippen LogP contribution is -2.47. The zero-order valence-corrected chi connectivity index (χ0v) is 16.9. The van der Waals surface area contributed by atoms with E-state index < -0.39 is 32.4 Å².